The van der Waals surface area contributed by atoms with Gasteiger partial charge in [-0.15, -0.1) is 0 Å². The smallest absolute Gasteiger partial charge is 0.0644 e. The van der Waals surface area contributed by atoms with E-state index in [-0.39, 0.29) is 4.83 Å². The van der Waals surface area contributed by atoms with E-state index in [4.69, 9.17) is 4.74 Å². The van der Waals surface area contributed by atoms with Crippen LogP contribution in [0.5, 0.6) is 0 Å². The van der Waals surface area contributed by atoms with Gasteiger partial charge in [-0.2, -0.15) is 0 Å². The van der Waals surface area contributed by atoms with Crippen LogP contribution < -0.4 is 0 Å². The van der Waals surface area contributed by atoms with Crippen LogP contribution in [0.2, 0.25) is 0 Å². The van der Waals surface area contributed by atoms with Crippen molar-refractivity contribution in [2.45, 2.75) is 25.1 Å². The Morgan fingerprint density at radius 1 is 0.950 bits per heavy atom. The fourth-order valence-corrected chi connectivity index (χ4v) is 2.78. The summed E-state index contributed by atoms with van der Waals surface area (Å²) >= 11 is 3.81. The summed E-state index contributed by atoms with van der Waals surface area (Å²) in [4.78, 5) is 0.248. The molecular weight excluding hydrogens is 312 g/mol. The summed E-state index contributed by atoms with van der Waals surface area (Å²) in [5.74, 6) is 0. The number of ether oxygens (including phenoxy) is 1. The molecule has 0 aromatic heterocycles. The van der Waals surface area contributed by atoms with Gasteiger partial charge in [0.2, 0.25) is 0 Å². The molecule has 0 aliphatic rings. The highest BCUT2D eigenvalue weighted by Crippen LogP contribution is 2.31. The second-order valence-corrected chi connectivity index (χ2v) is 6.11. The highest BCUT2D eigenvalue weighted by molar-refractivity contribution is 9.09. The van der Waals surface area contributed by atoms with Gasteiger partial charge < -0.3 is 4.74 Å². The fourth-order valence-electron chi connectivity index (χ4n) is 2.19. The molecule has 0 aliphatic heterocycles. The van der Waals surface area contributed by atoms with Gasteiger partial charge in [0, 0.05) is 7.11 Å². The molecule has 0 bridgehead atoms. The van der Waals surface area contributed by atoms with E-state index in [1.54, 1.807) is 7.11 Å². The lowest BCUT2D eigenvalue weighted by Crippen LogP contribution is -1.97. The van der Waals surface area contributed by atoms with E-state index in [2.05, 4.69) is 72.2 Å². The zero-order chi connectivity index (χ0) is 14.5. The highest BCUT2D eigenvalue weighted by atomic mass is 79.9. The lowest BCUT2D eigenvalue weighted by Gasteiger charge is -2.13. The molecule has 1 unspecified atom stereocenters. The van der Waals surface area contributed by atoms with Crippen LogP contribution in [0.15, 0.2) is 42.5 Å². The van der Waals surface area contributed by atoms with Gasteiger partial charge >= 0.3 is 0 Å². The van der Waals surface area contributed by atoms with E-state index in [1.165, 1.54) is 27.8 Å². The molecular formula is C18H21BrO. The molecule has 2 rings (SSSR count). The molecule has 0 saturated heterocycles. The van der Waals surface area contributed by atoms with Gasteiger partial charge in [-0.1, -0.05) is 58.4 Å². The van der Waals surface area contributed by atoms with E-state index < -0.39 is 0 Å². The Labute approximate surface area is 130 Å². The van der Waals surface area contributed by atoms with Crippen molar-refractivity contribution in [3.05, 3.63) is 70.3 Å². The molecule has 2 heteroatoms. The first-order valence-electron chi connectivity index (χ1n) is 6.91. The Kier molecular flexibility index (Phi) is 5.38. The molecule has 20 heavy (non-hydrogen) atoms. The zero-order valence-electron chi connectivity index (χ0n) is 12.3. The maximum Gasteiger partial charge on any atom is 0.0644 e. The summed E-state index contributed by atoms with van der Waals surface area (Å²) in [7, 11) is 1.74. The molecule has 1 nitrogen and oxygen atoms in total. The molecule has 2 aromatic carbocycles. The maximum atomic E-state index is 5.11. The molecule has 0 amide bonds. The molecule has 0 N–H and O–H groups in total. The van der Waals surface area contributed by atoms with Crippen LogP contribution in [-0.4, -0.2) is 13.7 Å². The van der Waals surface area contributed by atoms with Crippen molar-refractivity contribution in [3.63, 3.8) is 0 Å². The number of hydrogen-bond donors (Lipinski definition) is 0. The first-order valence-corrected chi connectivity index (χ1v) is 7.82. The summed E-state index contributed by atoms with van der Waals surface area (Å²) in [6, 6.07) is 15.4. The molecule has 2 aromatic rings. The Morgan fingerprint density at radius 3 is 2.20 bits per heavy atom. The lowest BCUT2D eigenvalue weighted by atomic mass is 9.99. The van der Waals surface area contributed by atoms with Crippen molar-refractivity contribution in [2.75, 3.05) is 13.7 Å². The van der Waals surface area contributed by atoms with Crippen molar-refractivity contribution < 1.29 is 4.74 Å². The average Bonchev–Trinajstić information content (AvgIpc) is 2.48. The minimum atomic E-state index is 0.248. The van der Waals surface area contributed by atoms with Gasteiger partial charge in [0.05, 0.1) is 11.4 Å². The predicted molar refractivity (Wildman–Crippen MR) is 88.7 cm³/mol. The average molecular weight is 333 g/mol. The summed E-state index contributed by atoms with van der Waals surface area (Å²) in [6.07, 6.45) is 0.966. The van der Waals surface area contributed by atoms with Gasteiger partial charge in [-0.05, 0) is 48.1 Å². The monoisotopic (exact) mass is 332 g/mol. The van der Waals surface area contributed by atoms with Crippen molar-refractivity contribution in [1.29, 1.82) is 0 Å². The highest BCUT2D eigenvalue weighted by Gasteiger charge is 2.10. The quantitative estimate of drug-likeness (QED) is 0.702. The first-order chi connectivity index (χ1) is 9.61. The zero-order valence-corrected chi connectivity index (χ0v) is 13.9. The van der Waals surface area contributed by atoms with Gasteiger partial charge in [0.25, 0.3) is 0 Å². The van der Waals surface area contributed by atoms with Crippen LogP contribution >= 0.6 is 15.9 Å². The van der Waals surface area contributed by atoms with Gasteiger partial charge in [-0.25, -0.2) is 0 Å². The number of methoxy groups -OCH3 is 1. The summed E-state index contributed by atoms with van der Waals surface area (Å²) in [5, 5.41) is 0. The summed E-state index contributed by atoms with van der Waals surface area (Å²) in [5.41, 5.74) is 6.58. The Bertz CT molecular complexity index is 560. The maximum absolute atomic E-state index is 5.11. The van der Waals surface area contributed by atoms with Crippen LogP contribution in [0.3, 0.4) is 0 Å². The standard InChI is InChI=1S/C18H21BrO/c1-13-4-7-17(12-14(13)2)18(19)16-8-5-15(6-9-16)10-11-20-3/h4-9,12,18H,10-11H2,1-3H3. The minimum absolute atomic E-state index is 0.248. The Morgan fingerprint density at radius 2 is 1.60 bits per heavy atom. The van der Waals surface area contributed by atoms with Gasteiger partial charge in [0.1, 0.15) is 0 Å². The number of alkyl halides is 1. The molecule has 1 atom stereocenters. The molecule has 0 radical (unpaired) electrons. The number of benzene rings is 2. The molecule has 0 heterocycles. The summed E-state index contributed by atoms with van der Waals surface area (Å²) in [6.45, 7) is 5.08. The van der Waals surface area contributed by atoms with Crippen molar-refractivity contribution in [2.24, 2.45) is 0 Å². The predicted octanol–water partition coefficient (Wildman–Crippen LogP) is 4.98. The van der Waals surface area contributed by atoms with Crippen molar-refractivity contribution in [1.82, 2.24) is 0 Å². The fraction of sp³-hybridized carbons (Fsp3) is 0.333. The van der Waals surface area contributed by atoms with Crippen LogP contribution in [0.1, 0.15) is 32.6 Å². The third-order valence-corrected chi connectivity index (χ3v) is 4.75. The topological polar surface area (TPSA) is 9.23 Å². The second-order valence-electron chi connectivity index (χ2n) is 5.19. The molecule has 0 fully saturated rings. The van der Waals surface area contributed by atoms with E-state index >= 15 is 0 Å². The van der Waals surface area contributed by atoms with Crippen LogP contribution in [0.4, 0.5) is 0 Å². The molecule has 0 spiro atoms. The van der Waals surface area contributed by atoms with E-state index in [1.807, 2.05) is 0 Å². The van der Waals surface area contributed by atoms with Crippen LogP contribution in [-0.2, 0) is 11.2 Å². The third kappa shape index (κ3) is 3.71. The van der Waals surface area contributed by atoms with Crippen LogP contribution in [0.25, 0.3) is 0 Å². The normalized spacial score (nSPS) is 12.4. The largest absolute Gasteiger partial charge is 0.384 e. The minimum Gasteiger partial charge on any atom is -0.384 e. The van der Waals surface area contributed by atoms with Crippen LogP contribution in [0, 0.1) is 13.8 Å². The van der Waals surface area contributed by atoms with Gasteiger partial charge in [0.15, 0.2) is 0 Å². The lowest BCUT2D eigenvalue weighted by molar-refractivity contribution is 0.202. The van der Waals surface area contributed by atoms with Gasteiger partial charge in [-0.3, -0.25) is 0 Å². The van der Waals surface area contributed by atoms with E-state index in [0.717, 1.165) is 13.0 Å². The number of halogens is 1. The summed E-state index contributed by atoms with van der Waals surface area (Å²) < 4.78 is 5.11. The number of hydrogen-bond acceptors (Lipinski definition) is 1. The first kappa shape index (κ1) is 15.3. The molecule has 0 saturated carbocycles. The Hall–Kier alpha value is -1.12. The Balaban J connectivity index is 2.15. The number of rotatable bonds is 5. The van der Waals surface area contributed by atoms with E-state index in [9.17, 15) is 0 Å². The molecule has 106 valence electrons. The third-order valence-electron chi connectivity index (χ3n) is 3.69. The SMILES string of the molecule is COCCc1ccc(C(Br)c2ccc(C)c(C)c2)cc1. The number of aryl methyl sites for hydroxylation is 2. The van der Waals surface area contributed by atoms with Crippen molar-refractivity contribution in [3.8, 4) is 0 Å². The second kappa shape index (κ2) is 7.05. The van der Waals surface area contributed by atoms with E-state index in [0.29, 0.717) is 0 Å². The van der Waals surface area contributed by atoms with Crippen molar-refractivity contribution >= 4 is 15.9 Å². The molecule has 0 aliphatic carbocycles.